The number of aliphatic carboxylic acids is 1. The van der Waals surface area contributed by atoms with Crippen LogP contribution in [0, 0.1) is 11.3 Å². The summed E-state index contributed by atoms with van der Waals surface area (Å²) in [5.74, 6) is -0.641. The second-order valence-corrected chi connectivity index (χ2v) is 10.2. The monoisotopic (exact) mass is 476 g/mol. The van der Waals surface area contributed by atoms with Gasteiger partial charge in [-0.15, -0.1) is 0 Å². The SMILES string of the molecule is CCN(C(=O)[C@]12C[C@H](NC(=O)OCC3c4ccccc4-c4ccccc43)C[C@H]1C2)C(C)CC(=O)O. The van der Waals surface area contributed by atoms with Gasteiger partial charge in [0.1, 0.15) is 6.61 Å². The Kier molecular flexibility index (Phi) is 6.03. The number of hydrogen-bond donors (Lipinski definition) is 2. The van der Waals surface area contributed by atoms with Crippen LogP contribution in [0.2, 0.25) is 0 Å². The number of nitrogens with zero attached hydrogens (tertiary/aromatic N) is 1. The average molecular weight is 477 g/mol. The zero-order chi connectivity index (χ0) is 24.7. The van der Waals surface area contributed by atoms with Crippen LogP contribution < -0.4 is 5.32 Å². The smallest absolute Gasteiger partial charge is 0.407 e. The average Bonchev–Trinajstić information content (AvgIpc) is 3.26. The van der Waals surface area contributed by atoms with Gasteiger partial charge in [-0.1, -0.05) is 48.5 Å². The van der Waals surface area contributed by atoms with Crippen LogP contribution in [-0.4, -0.2) is 53.2 Å². The number of benzene rings is 2. The third-order valence-corrected chi connectivity index (χ3v) is 8.11. The predicted molar refractivity (Wildman–Crippen MR) is 131 cm³/mol. The van der Waals surface area contributed by atoms with E-state index in [1.807, 2.05) is 31.2 Å². The van der Waals surface area contributed by atoms with Gasteiger partial charge in [0, 0.05) is 24.5 Å². The van der Waals surface area contributed by atoms with E-state index in [-0.39, 0.29) is 42.9 Å². The number of fused-ring (bicyclic) bond motifs is 4. The molecule has 2 aromatic carbocycles. The summed E-state index contributed by atoms with van der Waals surface area (Å²) in [5.41, 5.74) is 4.24. The molecule has 0 radical (unpaired) electrons. The van der Waals surface area contributed by atoms with Crippen LogP contribution in [0.5, 0.6) is 0 Å². The first-order chi connectivity index (χ1) is 16.8. The number of rotatable bonds is 8. The van der Waals surface area contributed by atoms with Crippen LogP contribution in [0.25, 0.3) is 11.1 Å². The summed E-state index contributed by atoms with van der Waals surface area (Å²) in [7, 11) is 0. The standard InChI is InChI=1S/C28H32N2O5/c1-3-30(17(2)12-25(31)32)26(33)28-14-18(28)13-19(15-28)29-27(34)35-16-24-22-10-6-4-8-20(22)21-9-5-7-11-23(21)24/h4-11,17-19,24H,3,12-16H2,1-2H3,(H,29,34)(H,31,32)/t17?,18-,19+,28+/m0/s1. The van der Waals surface area contributed by atoms with E-state index in [9.17, 15) is 14.4 Å². The molecule has 2 aromatic rings. The minimum Gasteiger partial charge on any atom is -0.481 e. The molecular formula is C28H32N2O5. The van der Waals surface area contributed by atoms with Gasteiger partial charge in [-0.3, -0.25) is 9.59 Å². The molecule has 0 heterocycles. The fourth-order valence-electron chi connectivity index (χ4n) is 6.38. The van der Waals surface area contributed by atoms with Gasteiger partial charge in [0.25, 0.3) is 0 Å². The maximum atomic E-state index is 13.3. The molecule has 7 heteroatoms. The summed E-state index contributed by atoms with van der Waals surface area (Å²) >= 11 is 0. The topological polar surface area (TPSA) is 95.9 Å². The second kappa shape index (κ2) is 9.02. The van der Waals surface area contributed by atoms with Crippen molar-refractivity contribution in [1.29, 1.82) is 0 Å². The third-order valence-electron chi connectivity index (χ3n) is 8.11. The van der Waals surface area contributed by atoms with Crippen molar-refractivity contribution in [3.05, 3.63) is 59.7 Å². The quantitative estimate of drug-likeness (QED) is 0.589. The van der Waals surface area contributed by atoms with Crippen molar-refractivity contribution >= 4 is 18.0 Å². The number of ether oxygens (including phenoxy) is 1. The van der Waals surface area contributed by atoms with Crippen LogP contribution in [0.1, 0.15) is 56.6 Å². The zero-order valence-corrected chi connectivity index (χ0v) is 20.2. The number of carbonyl (C=O) groups is 3. The lowest BCUT2D eigenvalue weighted by Gasteiger charge is -2.31. The molecule has 0 aliphatic heterocycles. The second-order valence-electron chi connectivity index (χ2n) is 10.2. The van der Waals surface area contributed by atoms with E-state index >= 15 is 0 Å². The van der Waals surface area contributed by atoms with Crippen LogP contribution in [0.4, 0.5) is 4.79 Å². The Labute approximate surface area is 205 Å². The third kappa shape index (κ3) is 4.17. The van der Waals surface area contributed by atoms with E-state index < -0.39 is 17.5 Å². The predicted octanol–water partition coefficient (Wildman–Crippen LogP) is 4.41. The maximum Gasteiger partial charge on any atom is 0.407 e. The highest BCUT2D eigenvalue weighted by Crippen LogP contribution is 2.64. The van der Waals surface area contributed by atoms with Gasteiger partial charge in [0.05, 0.1) is 11.8 Å². The van der Waals surface area contributed by atoms with Crippen molar-refractivity contribution in [2.24, 2.45) is 11.3 Å². The van der Waals surface area contributed by atoms with Crippen molar-refractivity contribution in [3.63, 3.8) is 0 Å². The summed E-state index contributed by atoms with van der Waals surface area (Å²) in [6.07, 6.45) is 1.62. The molecule has 184 valence electrons. The molecule has 3 aliphatic carbocycles. The van der Waals surface area contributed by atoms with E-state index in [4.69, 9.17) is 9.84 Å². The molecule has 5 rings (SSSR count). The van der Waals surface area contributed by atoms with Gasteiger partial charge in [-0.25, -0.2) is 4.79 Å². The number of carbonyl (C=O) groups excluding carboxylic acids is 2. The molecule has 2 fully saturated rings. The number of carboxylic acids is 1. The Morgan fingerprint density at radius 1 is 1.09 bits per heavy atom. The number of carboxylic acid groups (broad SMARTS) is 1. The largest absolute Gasteiger partial charge is 0.481 e. The molecule has 0 spiro atoms. The lowest BCUT2D eigenvalue weighted by molar-refractivity contribution is -0.143. The fraction of sp³-hybridized carbons (Fsp3) is 0.464. The first kappa shape index (κ1) is 23.4. The molecule has 2 amide bonds. The Bertz CT molecular complexity index is 1120. The minimum absolute atomic E-state index is 0.00638. The van der Waals surface area contributed by atoms with Gasteiger partial charge < -0.3 is 20.1 Å². The summed E-state index contributed by atoms with van der Waals surface area (Å²) in [6, 6.07) is 16.0. The van der Waals surface area contributed by atoms with E-state index in [0.717, 1.165) is 12.8 Å². The summed E-state index contributed by atoms with van der Waals surface area (Å²) in [6.45, 7) is 4.40. The molecule has 1 unspecified atom stereocenters. The fourth-order valence-corrected chi connectivity index (χ4v) is 6.38. The van der Waals surface area contributed by atoms with Crippen molar-refractivity contribution < 1.29 is 24.2 Å². The molecule has 7 nitrogen and oxygen atoms in total. The highest BCUT2D eigenvalue weighted by atomic mass is 16.5. The van der Waals surface area contributed by atoms with Crippen molar-refractivity contribution in [1.82, 2.24) is 10.2 Å². The Hall–Kier alpha value is -3.35. The summed E-state index contributed by atoms with van der Waals surface area (Å²) < 4.78 is 5.69. The molecule has 0 aromatic heterocycles. The Balaban J connectivity index is 1.18. The van der Waals surface area contributed by atoms with Gasteiger partial charge >= 0.3 is 12.1 Å². The lowest BCUT2D eigenvalue weighted by atomic mass is 9.98. The van der Waals surface area contributed by atoms with Crippen molar-refractivity contribution in [2.45, 2.75) is 57.5 Å². The van der Waals surface area contributed by atoms with Crippen LogP contribution in [0.15, 0.2) is 48.5 Å². The van der Waals surface area contributed by atoms with Crippen LogP contribution in [-0.2, 0) is 14.3 Å². The minimum atomic E-state index is -0.908. The maximum absolute atomic E-state index is 13.3. The van der Waals surface area contributed by atoms with Gasteiger partial charge in [-0.2, -0.15) is 0 Å². The number of amides is 2. The lowest BCUT2D eigenvalue weighted by Crippen LogP contribution is -2.45. The van der Waals surface area contributed by atoms with Crippen LogP contribution >= 0.6 is 0 Å². The highest BCUT2D eigenvalue weighted by molar-refractivity contribution is 5.87. The molecule has 0 bridgehead atoms. The van der Waals surface area contributed by atoms with Crippen LogP contribution in [0.3, 0.4) is 0 Å². The van der Waals surface area contributed by atoms with E-state index in [1.165, 1.54) is 22.3 Å². The number of alkyl carbamates (subject to hydrolysis) is 1. The molecule has 2 N–H and O–H groups in total. The normalized spacial score (nSPS) is 24.6. The molecule has 35 heavy (non-hydrogen) atoms. The number of nitrogens with one attached hydrogen (secondary N) is 1. The first-order valence-electron chi connectivity index (χ1n) is 12.5. The van der Waals surface area contributed by atoms with E-state index in [1.54, 1.807) is 11.8 Å². The highest BCUT2D eigenvalue weighted by Gasteiger charge is 2.66. The summed E-state index contributed by atoms with van der Waals surface area (Å²) in [4.78, 5) is 38.8. The summed E-state index contributed by atoms with van der Waals surface area (Å²) in [5, 5.41) is 12.1. The number of hydrogen-bond acceptors (Lipinski definition) is 4. The molecule has 4 atom stereocenters. The van der Waals surface area contributed by atoms with E-state index in [2.05, 4.69) is 29.6 Å². The zero-order valence-electron chi connectivity index (χ0n) is 20.2. The van der Waals surface area contributed by atoms with Gasteiger partial charge in [0.2, 0.25) is 5.91 Å². The van der Waals surface area contributed by atoms with Gasteiger partial charge in [-0.05, 0) is 61.3 Å². The molecule has 2 saturated carbocycles. The van der Waals surface area contributed by atoms with E-state index in [0.29, 0.717) is 13.0 Å². The molecular weight excluding hydrogens is 444 g/mol. The molecule has 3 aliphatic rings. The molecule has 0 saturated heterocycles. The Morgan fingerprint density at radius 3 is 2.31 bits per heavy atom. The van der Waals surface area contributed by atoms with Gasteiger partial charge in [0.15, 0.2) is 0 Å². The van der Waals surface area contributed by atoms with Crippen molar-refractivity contribution in [2.75, 3.05) is 13.2 Å². The first-order valence-corrected chi connectivity index (χ1v) is 12.5. The Morgan fingerprint density at radius 2 is 1.71 bits per heavy atom. The van der Waals surface area contributed by atoms with Crippen molar-refractivity contribution in [3.8, 4) is 11.1 Å².